The van der Waals surface area contributed by atoms with Crippen LogP contribution in [-0.4, -0.2) is 20.9 Å². The van der Waals surface area contributed by atoms with Gasteiger partial charge < -0.3 is 9.30 Å². The van der Waals surface area contributed by atoms with E-state index >= 15 is 0 Å². The molecule has 2 aliphatic carbocycles. The van der Waals surface area contributed by atoms with Gasteiger partial charge in [-0.2, -0.15) is 0 Å². The van der Waals surface area contributed by atoms with E-state index in [9.17, 15) is 17.6 Å². The molecule has 0 aromatic carbocycles. The third-order valence-corrected chi connectivity index (χ3v) is 4.59. The topological polar surface area (TPSA) is 39.9 Å². The highest BCUT2D eigenvalue weighted by molar-refractivity contribution is 5.76. The van der Waals surface area contributed by atoms with E-state index in [1.165, 1.54) is 12.2 Å². The second-order valence-corrected chi connectivity index (χ2v) is 6.69. The summed E-state index contributed by atoms with van der Waals surface area (Å²) < 4.78 is 56.6. The number of pyridine rings is 1. The molecule has 4 aliphatic rings. The molecule has 0 aromatic heterocycles. The molecule has 0 saturated heterocycles. The summed E-state index contributed by atoms with van der Waals surface area (Å²) >= 11 is 0. The summed E-state index contributed by atoms with van der Waals surface area (Å²) in [5.74, 6) is -0.0144. The molecule has 0 aromatic rings. The largest absolute Gasteiger partial charge is 0.572 e. The Morgan fingerprint density at radius 2 is 1.82 bits per heavy atom. The molecule has 2 heterocycles. The van der Waals surface area contributed by atoms with Crippen LogP contribution in [0, 0.1) is 0 Å². The summed E-state index contributed by atoms with van der Waals surface area (Å²) in [7, 11) is 0. The highest BCUT2D eigenvalue weighted by Crippen LogP contribution is 2.31. The standard InChI is InChI=1S/C20H17F4N3O/c21-16-4-2-1-3-15(16)19-25-17-9-10-27(12-18(17)26-19)11-13-5-7-14(8-6-13)28-20(22,23)24/h3-5,7,9-10,12H,1-2,6,8,11H2. The number of nitrogens with zero attached hydrogens (tertiary/aromatic N) is 3. The Morgan fingerprint density at radius 1 is 1.04 bits per heavy atom. The van der Waals surface area contributed by atoms with Crippen molar-refractivity contribution in [3.8, 4) is 11.4 Å². The molecule has 0 unspecified atom stereocenters. The van der Waals surface area contributed by atoms with E-state index in [0.717, 1.165) is 12.0 Å². The van der Waals surface area contributed by atoms with Gasteiger partial charge in [0.15, 0.2) is 5.82 Å². The number of alkyl halides is 3. The zero-order valence-corrected chi connectivity index (χ0v) is 14.8. The van der Waals surface area contributed by atoms with E-state index in [0.29, 0.717) is 42.2 Å². The number of halogens is 4. The molecule has 0 spiro atoms. The number of ether oxygens (including phenoxy) is 1. The van der Waals surface area contributed by atoms with Crippen LogP contribution >= 0.6 is 0 Å². The minimum Gasteiger partial charge on any atom is -0.410 e. The van der Waals surface area contributed by atoms with Crippen molar-refractivity contribution < 1.29 is 22.3 Å². The summed E-state index contributed by atoms with van der Waals surface area (Å²) in [4.78, 5) is 8.83. The van der Waals surface area contributed by atoms with E-state index in [1.54, 1.807) is 18.2 Å². The Bertz CT molecular complexity index is 982. The first-order valence-corrected chi connectivity index (χ1v) is 8.92. The van der Waals surface area contributed by atoms with Crippen LogP contribution < -0.4 is 0 Å². The van der Waals surface area contributed by atoms with Gasteiger partial charge in [0.05, 0.1) is 11.3 Å². The van der Waals surface area contributed by atoms with Crippen LogP contribution in [0.25, 0.3) is 17.0 Å². The second-order valence-electron chi connectivity index (χ2n) is 6.69. The monoisotopic (exact) mass is 391 g/mol. The lowest BCUT2D eigenvalue weighted by molar-refractivity contribution is -0.306. The molecule has 0 amide bonds. The van der Waals surface area contributed by atoms with Crippen LogP contribution in [0.2, 0.25) is 0 Å². The van der Waals surface area contributed by atoms with Gasteiger partial charge in [0.1, 0.15) is 17.3 Å². The summed E-state index contributed by atoms with van der Waals surface area (Å²) in [5.41, 5.74) is 2.71. The molecule has 2 aliphatic heterocycles. The van der Waals surface area contributed by atoms with Crippen molar-refractivity contribution in [1.82, 2.24) is 14.5 Å². The molecule has 0 bridgehead atoms. The number of fused-ring (bicyclic) bond motifs is 1. The summed E-state index contributed by atoms with van der Waals surface area (Å²) in [6, 6.07) is 1.80. The molecule has 4 nitrogen and oxygen atoms in total. The van der Waals surface area contributed by atoms with E-state index in [4.69, 9.17) is 0 Å². The number of allylic oxidation sites excluding steroid dienone is 8. The van der Waals surface area contributed by atoms with Gasteiger partial charge in [-0.15, -0.1) is 13.2 Å². The highest BCUT2D eigenvalue weighted by Gasteiger charge is 2.32. The van der Waals surface area contributed by atoms with Gasteiger partial charge in [-0.05, 0) is 37.5 Å². The molecule has 0 atom stereocenters. The Labute approximate surface area is 158 Å². The van der Waals surface area contributed by atoms with E-state index in [-0.39, 0.29) is 18.0 Å². The van der Waals surface area contributed by atoms with Gasteiger partial charge in [-0.25, -0.2) is 14.4 Å². The van der Waals surface area contributed by atoms with Crippen molar-refractivity contribution in [2.75, 3.05) is 0 Å². The Morgan fingerprint density at radius 3 is 2.54 bits per heavy atom. The number of aromatic nitrogens is 3. The van der Waals surface area contributed by atoms with Gasteiger partial charge in [-0.1, -0.05) is 17.7 Å². The maximum absolute atomic E-state index is 14.0. The van der Waals surface area contributed by atoms with Crippen molar-refractivity contribution in [2.24, 2.45) is 0 Å². The predicted octanol–water partition coefficient (Wildman–Crippen LogP) is 5.55. The van der Waals surface area contributed by atoms with Crippen LogP contribution in [0.15, 0.2) is 59.9 Å². The maximum Gasteiger partial charge on any atom is 0.572 e. The quantitative estimate of drug-likeness (QED) is 0.641. The Kier molecular flexibility index (Phi) is 4.78. The van der Waals surface area contributed by atoms with Gasteiger partial charge >= 0.3 is 6.36 Å². The van der Waals surface area contributed by atoms with Crippen molar-refractivity contribution in [3.05, 3.63) is 65.7 Å². The van der Waals surface area contributed by atoms with E-state index < -0.39 is 6.36 Å². The fourth-order valence-corrected chi connectivity index (χ4v) is 3.28. The SMILES string of the molecule is FC1=CCCC=C1c1nc2ccn(CC3=CC=C(OC(F)(F)F)CC3)cc-2n1. The normalized spacial score (nSPS) is 17.7. The number of hydrogen-bond donors (Lipinski definition) is 0. The van der Waals surface area contributed by atoms with Crippen molar-refractivity contribution in [2.45, 2.75) is 38.6 Å². The van der Waals surface area contributed by atoms with Crippen LogP contribution in [0.4, 0.5) is 17.6 Å². The zero-order chi connectivity index (χ0) is 19.7. The molecule has 4 rings (SSSR count). The summed E-state index contributed by atoms with van der Waals surface area (Å²) in [5, 5.41) is 0. The van der Waals surface area contributed by atoms with Gasteiger partial charge in [0.2, 0.25) is 0 Å². The molecule has 8 heteroatoms. The summed E-state index contributed by atoms with van der Waals surface area (Å²) in [6.45, 7) is 0.519. The van der Waals surface area contributed by atoms with Gasteiger partial charge in [0.25, 0.3) is 0 Å². The van der Waals surface area contributed by atoms with E-state index in [2.05, 4.69) is 14.7 Å². The molecule has 0 saturated carbocycles. The first-order valence-electron chi connectivity index (χ1n) is 8.92. The third-order valence-electron chi connectivity index (χ3n) is 4.59. The molecule has 28 heavy (non-hydrogen) atoms. The maximum atomic E-state index is 14.0. The van der Waals surface area contributed by atoms with E-state index in [1.807, 2.05) is 17.0 Å². The Hall–Kier alpha value is -2.90. The molecule has 0 N–H and O–H groups in total. The fourth-order valence-electron chi connectivity index (χ4n) is 3.28. The number of hydrogen-bond acceptors (Lipinski definition) is 3. The van der Waals surface area contributed by atoms with Crippen molar-refractivity contribution >= 4 is 5.57 Å². The molecule has 146 valence electrons. The van der Waals surface area contributed by atoms with Gasteiger partial charge in [0, 0.05) is 25.4 Å². The molecular formula is C20H17F4N3O. The minimum absolute atomic E-state index is 0.0842. The van der Waals surface area contributed by atoms with Crippen molar-refractivity contribution in [1.29, 1.82) is 0 Å². The molecular weight excluding hydrogens is 374 g/mol. The smallest absolute Gasteiger partial charge is 0.410 e. The van der Waals surface area contributed by atoms with Crippen molar-refractivity contribution in [3.63, 3.8) is 0 Å². The lowest BCUT2D eigenvalue weighted by Gasteiger charge is -2.18. The highest BCUT2D eigenvalue weighted by atomic mass is 19.4. The summed E-state index contributed by atoms with van der Waals surface area (Å²) in [6.07, 6.45) is 7.44. The Balaban J connectivity index is 1.51. The van der Waals surface area contributed by atoms with Crippen LogP contribution in [0.5, 0.6) is 0 Å². The zero-order valence-electron chi connectivity index (χ0n) is 14.8. The van der Waals surface area contributed by atoms with Crippen LogP contribution in [0.1, 0.15) is 31.5 Å². The fraction of sp³-hybridized carbons (Fsp3) is 0.300. The number of rotatable bonds is 4. The van der Waals surface area contributed by atoms with Gasteiger partial charge in [-0.3, -0.25) is 0 Å². The average Bonchev–Trinajstić information content (AvgIpc) is 3.05. The van der Waals surface area contributed by atoms with Crippen LogP contribution in [-0.2, 0) is 11.3 Å². The number of imidazole rings is 1. The molecule has 0 fully saturated rings. The molecule has 0 radical (unpaired) electrons. The first-order chi connectivity index (χ1) is 13.4. The average molecular weight is 391 g/mol. The lowest BCUT2D eigenvalue weighted by atomic mass is 10.0. The minimum atomic E-state index is -4.66. The predicted molar refractivity (Wildman–Crippen MR) is 95.6 cm³/mol. The lowest BCUT2D eigenvalue weighted by Crippen LogP contribution is -2.14. The third kappa shape index (κ3) is 4.16. The van der Waals surface area contributed by atoms with Crippen LogP contribution in [0.3, 0.4) is 0 Å². The second kappa shape index (κ2) is 7.26. The first kappa shape index (κ1) is 18.5.